The Balaban J connectivity index is 1.21. The van der Waals surface area contributed by atoms with Gasteiger partial charge in [-0.05, 0) is 70.8 Å². The van der Waals surface area contributed by atoms with Gasteiger partial charge >= 0.3 is 0 Å². The number of hydrogen-bond acceptors (Lipinski definition) is 2. The van der Waals surface area contributed by atoms with Crippen molar-refractivity contribution in [2.24, 2.45) is 0 Å². The third kappa shape index (κ3) is 5.63. The average Bonchev–Trinajstić information content (AvgIpc) is 3.83. The fourth-order valence-corrected chi connectivity index (χ4v) is 9.80. The van der Waals surface area contributed by atoms with Crippen LogP contribution in [0, 0.1) is 0 Å². The lowest BCUT2D eigenvalue weighted by molar-refractivity contribution is 1.18. The summed E-state index contributed by atoms with van der Waals surface area (Å²) in [6.07, 6.45) is 0. The van der Waals surface area contributed by atoms with Gasteiger partial charge in [0.1, 0.15) is 0 Å². The van der Waals surface area contributed by atoms with Gasteiger partial charge in [0.05, 0.1) is 32.8 Å². The zero-order valence-electron chi connectivity index (χ0n) is 31.1. The summed E-state index contributed by atoms with van der Waals surface area (Å²) in [7, 11) is 0. The molecule has 0 spiro atoms. The van der Waals surface area contributed by atoms with Gasteiger partial charge in [-0.2, -0.15) is 0 Å². The van der Waals surface area contributed by atoms with Gasteiger partial charge in [0.15, 0.2) is 0 Å². The van der Waals surface area contributed by atoms with Gasteiger partial charge in [0.25, 0.3) is 0 Å². The first-order valence-electron chi connectivity index (χ1n) is 19.4. The molecule has 2 nitrogen and oxygen atoms in total. The van der Waals surface area contributed by atoms with Crippen LogP contribution in [0.2, 0.25) is 0 Å². The fourth-order valence-electron chi connectivity index (χ4n) is 8.59. The number of rotatable bonds is 7. The molecule has 0 fully saturated rings. The maximum Gasteiger partial charge on any atom is 0.0640 e. The summed E-state index contributed by atoms with van der Waals surface area (Å²) < 4.78 is 5.04. The molecule has 0 aliphatic heterocycles. The van der Waals surface area contributed by atoms with Crippen LogP contribution in [0.3, 0.4) is 0 Å². The molecule has 0 aliphatic carbocycles. The first-order valence-corrected chi connectivity index (χ1v) is 20.3. The van der Waals surface area contributed by atoms with Gasteiger partial charge in [0.2, 0.25) is 0 Å². The van der Waals surface area contributed by atoms with E-state index in [2.05, 4.69) is 228 Å². The van der Waals surface area contributed by atoms with Crippen LogP contribution in [0.15, 0.2) is 218 Å². The Morgan fingerprint density at radius 1 is 0.351 bits per heavy atom. The zero-order valence-corrected chi connectivity index (χ0v) is 31.9. The highest BCUT2D eigenvalue weighted by Crippen LogP contribution is 2.48. The van der Waals surface area contributed by atoms with E-state index >= 15 is 0 Å². The van der Waals surface area contributed by atoms with Crippen LogP contribution in [0.1, 0.15) is 0 Å². The van der Waals surface area contributed by atoms with Crippen LogP contribution in [0.5, 0.6) is 0 Å². The van der Waals surface area contributed by atoms with Crippen molar-refractivity contribution in [3.8, 4) is 39.1 Å². The van der Waals surface area contributed by atoms with Crippen LogP contribution in [0.4, 0.5) is 17.1 Å². The number of para-hydroxylation sites is 2. The maximum absolute atomic E-state index is 2.48. The SMILES string of the molecule is c1ccc(-c2ccc(-n3c4ccccc4c4ccc(N(c5ccccc5-c5ccccc5)c5cccc6c5sc5ccccc56)cc43)c(-c3ccccc3)c2)cc1. The van der Waals surface area contributed by atoms with E-state index in [1.54, 1.807) is 0 Å². The molecule has 2 heterocycles. The number of nitrogens with zero attached hydrogens (tertiary/aromatic N) is 2. The van der Waals surface area contributed by atoms with Gasteiger partial charge in [-0.1, -0.05) is 170 Å². The lowest BCUT2D eigenvalue weighted by Crippen LogP contribution is -2.11. The zero-order chi connectivity index (χ0) is 37.7. The summed E-state index contributed by atoms with van der Waals surface area (Å²) in [5.74, 6) is 0. The van der Waals surface area contributed by atoms with E-state index in [1.165, 1.54) is 69.8 Å². The number of aromatic nitrogens is 1. The lowest BCUT2D eigenvalue weighted by atomic mass is 9.97. The molecule has 57 heavy (non-hydrogen) atoms. The first-order chi connectivity index (χ1) is 28.3. The van der Waals surface area contributed by atoms with Crippen LogP contribution in [0.25, 0.3) is 81.0 Å². The predicted molar refractivity (Wildman–Crippen MR) is 245 cm³/mol. The van der Waals surface area contributed by atoms with Gasteiger partial charge in [-0.3, -0.25) is 0 Å². The molecule has 0 saturated carbocycles. The third-order valence-corrected chi connectivity index (χ3v) is 12.4. The quantitative estimate of drug-likeness (QED) is 0.158. The van der Waals surface area contributed by atoms with E-state index in [4.69, 9.17) is 0 Å². The average molecular weight is 745 g/mol. The topological polar surface area (TPSA) is 8.17 Å². The highest BCUT2D eigenvalue weighted by molar-refractivity contribution is 7.26. The van der Waals surface area contributed by atoms with Crippen molar-refractivity contribution < 1.29 is 0 Å². The second kappa shape index (κ2) is 13.8. The number of hydrogen-bond donors (Lipinski definition) is 0. The van der Waals surface area contributed by atoms with E-state index < -0.39 is 0 Å². The van der Waals surface area contributed by atoms with Crippen molar-refractivity contribution >= 4 is 70.4 Å². The highest BCUT2D eigenvalue weighted by atomic mass is 32.1. The Hall–Kier alpha value is -7.20. The van der Waals surface area contributed by atoms with Crippen LogP contribution < -0.4 is 4.90 Å². The van der Waals surface area contributed by atoms with Gasteiger partial charge < -0.3 is 9.47 Å². The second-order valence-electron chi connectivity index (χ2n) is 14.5. The molecule has 11 aromatic rings. The van der Waals surface area contributed by atoms with Crippen molar-refractivity contribution in [2.45, 2.75) is 0 Å². The van der Waals surface area contributed by atoms with Crippen molar-refractivity contribution in [1.29, 1.82) is 0 Å². The molecular weight excluding hydrogens is 709 g/mol. The monoisotopic (exact) mass is 744 g/mol. The largest absolute Gasteiger partial charge is 0.309 e. The fraction of sp³-hybridized carbons (Fsp3) is 0. The molecule has 0 saturated heterocycles. The molecule has 268 valence electrons. The number of thiophene rings is 1. The summed E-state index contributed by atoms with van der Waals surface area (Å²) in [5.41, 5.74) is 14.0. The van der Waals surface area contributed by atoms with E-state index in [0.29, 0.717) is 0 Å². The Kier molecular flexibility index (Phi) is 8.04. The molecular formula is C54H36N2S. The number of anilines is 3. The summed E-state index contributed by atoms with van der Waals surface area (Å²) in [6.45, 7) is 0. The molecule has 0 radical (unpaired) electrons. The van der Waals surface area contributed by atoms with E-state index in [-0.39, 0.29) is 0 Å². The number of benzene rings is 9. The first kappa shape index (κ1) is 33.2. The normalized spacial score (nSPS) is 11.5. The van der Waals surface area contributed by atoms with Gasteiger partial charge in [-0.25, -0.2) is 0 Å². The van der Waals surface area contributed by atoms with Crippen molar-refractivity contribution in [2.75, 3.05) is 4.90 Å². The van der Waals surface area contributed by atoms with E-state index in [1.807, 2.05) is 11.3 Å². The molecule has 0 atom stereocenters. The molecule has 11 rings (SSSR count). The highest BCUT2D eigenvalue weighted by Gasteiger charge is 2.23. The van der Waals surface area contributed by atoms with Crippen molar-refractivity contribution in [3.05, 3.63) is 218 Å². The lowest BCUT2D eigenvalue weighted by Gasteiger charge is -2.28. The minimum atomic E-state index is 1.10. The molecule has 0 aliphatic rings. The van der Waals surface area contributed by atoms with Gasteiger partial charge in [-0.15, -0.1) is 11.3 Å². The second-order valence-corrected chi connectivity index (χ2v) is 15.5. The third-order valence-electron chi connectivity index (χ3n) is 11.2. The van der Waals surface area contributed by atoms with Crippen LogP contribution in [-0.2, 0) is 0 Å². The molecule has 0 amide bonds. The summed E-state index contributed by atoms with van der Waals surface area (Å²) in [5, 5.41) is 5.01. The molecule has 2 aromatic heterocycles. The predicted octanol–water partition coefficient (Wildman–Crippen LogP) is 15.6. The minimum absolute atomic E-state index is 1.10. The summed E-state index contributed by atoms with van der Waals surface area (Å²) >= 11 is 1.87. The molecule has 0 bridgehead atoms. The molecule has 3 heteroatoms. The van der Waals surface area contributed by atoms with Crippen LogP contribution >= 0.6 is 11.3 Å². The minimum Gasteiger partial charge on any atom is -0.309 e. The molecule has 9 aromatic carbocycles. The Labute approximate surface area is 335 Å². The summed E-state index contributed by atoms with van der Waals surface area (Å²) in [4.78, 5) is 2.48. The van der Waals surface area contributed by atoms with Gasteiger partial charge in [0, 0.05) is 43.1 Å². The Morgan fingerprint density at radius 2 is 0.947 bits per heavy atom. The molecule has 0 N–H and O–H groups in total. The Morgan fingerprint density at radius 3 is 1.74 bits per heavy atom. The van der Waals surface area contributed by atoms with Crippen molar-refractivity contribution in [1.82, 2.24) is 4.57 Å². The Bertz CT molecular complexity index is 3230. The standard InChI is InChI=1S/C54H36N2S/c1-4-17-37(18-5-1)40-31-34-50(47(35-40)39-21-8-3-9-22-39)56-49-28-14-11-24-43(49)44-33-32-41(36-52(44)56)55(48-27-13-10-23-42(48)38-19-6-2-7-20-38)51-29-16-26-46-45-25-12-15-30-53(45)57-54(46)51/h1-36H. The summed E-state index contributed by atoms with van der Waals surface area (Å²) in [6, 6.07) is 79.4. The van der Waals surface area contributed by atoms with Crippen LogP contribution in [-0.4, -0.2) is 4.57 Å². The van der Waals surface area contributed by atoms with E-state index in [9.17, 15) is 0 Å². The maximum atomic E-state index is 2.48. The number of fused-ring (bicyclic) bond motifs is 6. The smallest absolute Gasteiger partial charge is 0.0640 e. The van der Waals surface area contributed by atoms with Crippen molar-refractivity contribution in [3.63, 3.8) is 0 Å². The van der Waals surface area contributed by atoms with E-state index in [0.717, 1.165) is 28.3 Å². The molecule has 0 unspecified atom stereocenters.